The summed E-state index contributed by atoms with van der Waals surface area (Å²) in [6.45, 7) is 7.64. The minimum Gasteiger partial charge on any atom is -0.338 e. The van der Waals surface area contributed by atoms with E-state index in [4.69, 9.17) is 0 Å². The van der Waals surface area contributed by atoms with Gasteiger partial charge in [-0.05, 0) is 37.8 Å². The monoisotopic (exact) mass is 234 g/mol. The number of carbonyl (C=O) groups excluding carboxylic acids is 1. The average molecular weight is 234 g/mol. The number of urea groups is 1. The van der Waals surface area contributed by atoms with Crippen molar-refractivity contribution in [3.8, 4) is 0 Å². The summed E-state index contributed by atoms with van der Waals surface area (Å²) in [5.41, 5.74) is 3.85. The molecule has 0 radical (unpaired) electrons. The molecule has 0 spiro atoms. The second kappa shape index (κ2) is 6.94. The standard InChI is InChI=1S/C14H22N2O/c1-4-8-15-14(17)16-9-7-13-10-11(2)5-6-12(13)3/h5-6,10H,4,7-9H2,1-3H3,(H2,15,16,17). The molecule has 0 aliphatic carbocycles. The Balaban J connectivity index is 2.35. The van der Waals surface area contributed by atoms with Crippen molar-refractivity contribution in [2.24, 2.45) is 0 Å². The molecule has 0 saturated heterocycles. The number of nitrogens with one attached hydrogen (secondary N) is 2. The Kier molecular flexibility index (Phi) is 5.53. The van der Waals surface area contributed by atoms with Gasteiger partial charge in [-0.25, -0.2) is 4.79 Å². The topological polar surface area (TPSA) is 41.1 Å². The molecule has 1 rings (SSSR count). The molecule has 0 bridgehead atoms. The molecule has 94 valence electrons. The van der Waals surface area contributed by atoms with Gasteiger partial charge >= 0.3 is 6.03 Å². The van der Waals surface area contributed by atoms with E-state index in [1.54, 1.807) is 0 Å². The molecule has 0 fully saturated rings. The zero-order valence-corrected chi connectivity index (χ0v) is 11.0. The van der Waals surface area contributed by atoms with Crippen molar-refractivity contribution in [3.05, 3.63) is 34.9 Å². The highest BCUT2D eigenvalue weighted by molar-refractivity contribution is 5.73. The van der Waals surface area contributed by atoms with Crippen LogP contribution in [0.15, 0.2) is 18.2 Å². The predicted molar refractivity (Wildman–Crippen MR) is 71.3 cm³/mol. The quantitative estimate of drug-likeness (QED) is 0.807. The van der Waals surface area contributed by atoms with Crippen LogP contribution in [-0.2, 0) is 6.42 Å². The largest absolute Gasteiger partial charge is 0.338 e. The second-order valence-electron chi connectivity index (χ2n) is 4.36. The first-order valence-corrected chi connectivity index (χ1v) is 6.21. The first-order valence-electron chi connectivity index (χ1n) is 6.21. The Hall–Kier alpha value is -1.51. The molecular formula is C14H22N2O. The van der Waals surface area contributed by atoms with E-state index >= 15 is 0 Å². The van der Waals surface area contributed by atoms with E-state index in [2.05, 4.69) is 42.7 Å². The van der Waals surface area contributed by atoms with Crippen LogP contribution in [0.25, 0.3) is 0 Å². The lowest BCUT2D eigenvalue weighted by Crippen LogP contribution is -2.36. The van der Waals surface area contributed by atoms with Gasteiger partial charge in [-0.2, -0.15) is 0 Å². The highest BCUT2D eigenvalue weighted by atomic mass is 16.2. The Morgan fingerprint density at radius 2 is 1.88 bits per heavy atom. The molecule has 0 atom stereocenters. The number of benzene rings is 1. The number of carbonyl (C=O) groups is 1. The summed E-state index contributed by atoms with van der Waals surface area (Å²) in [4.78, 5) is 11.3. The molecule has 0 saturated carbocycles. The molecule has 17 heavy (non-hydrogen) atoms. The van der Waals surface area contributed by atoms with Gasteiger partial charge in [0.25, 0.3) is 0 Å². The first-order chi connectivity index (χ1) is 8.13. The van der Waals surface area contributed by atoms with Gasteiger partial charge in [0.05, 0.1) is 0 Å². The molecule has 0 aromatic heterocycles. The van der Waals surface area contributed by atoms with Crippen LogP contribution < -0.4 is 10.6 Å². The lowest BCUT2D eigenvalue weighted by molar-refractivity contribution is 0.241. The molecule has 3 nitrogen and oxygen atoms in total. The molecule has 0 unspecified atom stereocenters. The highest BCUT2D eigenvalue weighted by Gasteiger charge is 2.01. The summed E-state index contributed by atoms with van der Waals surface area (Å²) in [5, 5.41) is 5.66. The van der Waals surface area contributed by atoms with Gasteiger partial charge in [-0.1, -0.05) is 30.7 Å². The lowest BCUT2D eigenvalue weighted by Gasteiger charge is -2.09. The van der Waals surface area contributed by atoms with Crippen molar-refractivity contribution in [2.45, 2.75) is 33.6 Å². The zero-order valence-electron chi connectivity index (χ0n) is 11.0. The van der Waals surface area contributed by atoms with Crippen molar-refractivity contribution in [2.75, 3.05) is 13.1 Å². The molecule has 0 aliphatic rings. The van der Waals surface area contributed by atoms with Crippen molar-refractivity contribution in [1.29, 1.82) is 0 Å². The summed E-state index contributed by atoms with van der Waals surface area (Å²) >= 11 is 0. The van der Waals surface area contributed by atoms with Gasteiger partial charge < -0.3 is 10.6 Å². The third-order valence-electron chi connectivity index (χ3n) is 2.72. The smallest absolute Gasteiger partial charge is 0.314 e. The summed E-state index contributed by atoms with van der Waals surface area (Å²) < 4.78 is 0. The number of hydrogen-bond donors (Lipinski definition) is 2. The zero-order chi connectivity index (χ0) is 12.7. The second-order valence-corrected chi connectivity index (χ2v) is 4.36. The third-order valence-corrected chi connectivity index (χ3v) is 2.72. The van der Waals surface area contributed by atoms with E-state index < -0.39 is 0 Å². The van der Waals surface area contributed by atoms with Crippen LogP contribution in [0.1, 0.15) is 30.0 Å². The van der Waals surface area contributed by atoms with Gasteiger partial charge in [0, 0.05) is 13.1 Å². The number of aryl methyl sites for hydroxylation is 2. The van der Waals surface area contributed by atoms with Gasteiger partial charge in [0.2, 0.25) is 0 Å². The predicted octanol–water partition coefficient (Wildman–Crippen LogP) is 2.56. The van der Waals surface area contributed by atoms with Crippen LogP contribution in [0.3, 0.4) is 0 Å². The van der Waals surface area contributed by atoms with Gasteiger partial charge in [0.1, 0.15) is 0 Å². The van der Waals surface area contributed by atoms with Gasteiger partial charge in [-0.3, -0.25) is 0 Å². The van der Waals surface area contributed by atoms with Gasteiger partial charge in [-0.15, -0.1) is 0 Å². The maximum absolute atomic E-state index is 11.3. The molecule has 1 aromatic carbocycles. The van der Waals surface area contributed by atoms with Crippen molar-refractivity contribution in [1.82, 2.24) is 10.6 Å². The number of amides is 2. The molecule has 3 heteroatoms. The fraction of sp³-hybridized carbons (Fsp3) is 0.500. The number of rotatable bonds is 5. The lowest BCUT2D eigenvalue weighted by atomic mass is 10.0. The Morgan fingerprint density at radius 1 is 1.18 bits per heavy atom. The van der Waals surface area contributed by atoms with E-state index in [0.717, 1.165) is 19.4 Å². The van der Waals surface area contributed by atoms with E-state index in [-0.39, 0.29) is 6.03 Å². The van der Waals surface area contributed by atoms with Crippen LogP contribution in [0.2, 0.25) is 0 Å². The summed E-state index contributed by atoms with van der Waals surface area (Å²) in [5.74, 6) is 0. The van der Waals surface area contributed by atoms with Crippen LogP contribution in [-0.4, -0.2) is 19.1 Å². The normalized spacial score (nSPS) is 10.1. The van der Waals surface area contributed by atoms with Crippen LogP contribution in [0, 0.1) is 13.8 Å². The summed E-state index contributed by atoms with van der Waals surface area (Å²) in [6.07, 6.45) is 1.84. The molecule has 2 N–H and O–H groups in total. The van der Waals surface area contributed by atoms with Crippen LogP contribution in [0.4, 0.5) is 4.79 Å². The first kappa shape index (κ1) is 13.6. The Bertz CT molecular complexity index is 374. The highest BCUT2D eigenvalue weighted by Crippen LogP contribution is 2.10. The molecule has 0 heterocycles. The molecule has 2 amide bonds. The number of hydrogen-bond acceptors (Lipinski definition) is 1. The fourth-order valence-electron chi connectivity index (χ4n) is 1.68. The van der Waals surface area contributed by atoms with E-state index in [9.17, 15) is 4.79 Å². The maximum Gasteiger partial charge on any atom is 0.314 e. The molecule has 1 aromatic rings. The Labute approximate surface area is 104 Å². The maximum atomic E-state index is 11.3. The SMILES string of the molecule is CCCNC(=O)NCCc1cc(C)ccc1C. The molecular weight excluding hydrogens is 212 g/mol. The Morgan fingerprint density at radius 3 is 2.59 bits per heavy atom. The fourth-order valence-corrected chi connectivity index (χ4v) is 1.68. The summed E-state index contributed by atoms with van der Waals surface area (Å²) in [6, 6.07) is 6.35. The third kappa shape index (κ3) is 4.89. The minimum atomic E-state index is -0.0721. The van der Waals surface area contributed by atoms with Crippen LogP contribution >= 0.6 is 0 Å². The molecule has 0 aliphatic heterocycles. The van der Waals surface area contributed by atoms with E-state index in [1.165, 1.54) is 16.7 Å². The van der Waals surface area contributed by atoms with Crippen LogP contribution in [0.5, 0.6) is 0 Å². The van der Waals surface area contributed by atoms with Gasteiger partial charge in [0.15, 0.2) is 0 Å². The van der Waals surface area contributed by atoms with Crippen molar-refractivity contribution >= 4 is 6.03 Å². The summed E-state index contributed by atoms with van der Waals surface area (Å²) in [7, 11) is 0. The minimum absolute atomic E-state index is 0.0721. The van der Waals surface area contributed by atoms with E-state index in [1.807, 2.05) is 6.92 Å². The average Bonchev–Trinajstić information content (AvgIpc) is 2.31. The van der Waals surface area contributed by atoms with Crippen molar-refractivity contribution in [3.63, 3.8) is 0 Å². The van der Waals surface area contributed by atoms with Crippen molar-refractivity contribution < 1.29 is 4.79 Å². The van der Waals surface area contributed by atoms with E-state index in [0.29, 0.717) is 6.54 Å².